The summed E-state index contributed by atoms with van der Waals surface area (Å²) in [6.45, 7) is 4.94. The van der Waals surface area contributed by atoms with Gasteiger partial charge in [0.15, 0.2) is 11.9 Å². The molecule has 0 aliphatic carbocycles. The van der Waals surface area contributed by atoms with Crippen LogP contribution in [0.4, 0.5) is 8.78 Å². The maximum atomic E-state index is 13.8. The lowest BCUT2D eigenvalue weighted by Crippen LogP contribution is -3.00. The van der Waals surface area contributed by atoms with Crippen molar-refractivity contribution in [1.82, 2.24) is 0 Å². The third-order valence-corrected chi connectivity index (χ3v) is 6.78. The molecular weight excluding hydrogens is 480 g/mol. The first-order valence-electron chi connectivity index (χ1n) is 10.9. The van der Waals surface area contributed by atoms with Crippen molar-refractivity contribution in [3.8, 4) is 0 Å². The van der Waals surface area contributed by atoms with Crippen molar-refractivity contribution in [3.05, 3.63) is 71.3 Å². The molecule has 32 heavy (non-hydrogen) atoms. The molecule has 0 N–H and O–H groups in total. The molecule has 5 rings (SSSR count). The quantitative estimate of drug-likeness (QED) is 0.420. The van der Waals surface area contributed by atoms with Crippen molar-refractivity contribution in [1.29, 1.82) is 0 Å². The van der Waals surface area contributed by atoms with E-state index in [0.29, 0.717) is 23.6 Å². The number of hydrogen-bond donors (Lipinski definition) is 0. The molecule has 2 aromatic rings. The van der Waals surface area contributed by atoms with E-state index in [1.807, 2.05) is 0 Å². The van der Waals surface area contributed by atoms with Crippen LogP contribution in [0, 0.1) is 23.5 Å². The van der Waals surface area contributed by atoms with E-state index in [1.165, 1.54) is 24.3 Å². The lowest BCUT2D eigenvalue weighted by molar-refractivity contribution is -0.939. The largest absolute Gasteiger partial charge is 1.00 e. The minimum Gasteiger partial charge on any atom is -1.00 e. The second-order valence-corrected chi connectivity index (χ2v) is 9.11. The van der Waals surface area contributed by atoms with Gasteiger partial charge >= 0.3 is 5.97 Å². The lowest BCUT2D eigenvalue weighted by atomic mass is 9.75. The first-order valence-corrected chi connectivity index (χ1v) is 10.9. The highest BCUT2D eigenvalue weighted by Gasteiger charge is 2.47. The normalized spacial score (nSPS) is 24.1. The standard InChI is InChI=1S/C25H28F2NO3.BrH/c1-17(29)15-28-10-8-18(9-11-28)21(16-28)14-24(30)31-25(19-4-2-6-22(26)12-19)20-5-3-7-23(27)13-20;/h2-7,12-13,18,21,25H,8-11,14-16H2,1H3;1H/q+1;/p-1/t18?,21-,28?;/m0./s1. The Hall–Kier alpha value is -2.12. The van der Waals surface area contributed by atoms with Crippen LogP contribution in [0.1, 0.15) is 43.4 Å². The first-order chi connectivity index (χ1) is 14.8. The molecular formula is C25H28BrF2NO3. The number of nitrogens with zero attached hydrogens (tertiary/aromatic N) is 1. The third kappa shape index (κ3) is 5.62. The van der Waals surface area contributed by atoms with Crippen molar-refractivity contribution in [2.45, 2.75) is 32.3 Å². The summed E-state index contributed by atoms with van der Waals surface area (Å²) in [4.78, 5) is 24.7. The molecule has 2 bridgehead atoms. The van der Waals surface area contributed by atoms with Gasteiger partial charge in [-0.25, -0.2) is 8.78 Å². The molecule has 3 fully saturated rings. The Morgan fingerprint density at radius 2 is 1.59 bits per heavy atom. The first kappa shape index (κ1) is 24.5. The van der Waals surface area contributed by atoms with Gasteiger partial charge in [-0.3, -0.25) is 9.59 Å². The van der Waals surface area contributed by atoms with Crippen LogP contribution in [0.3, 0.4) is 0 Å². The Kier molecular flexibility index (Phi) is 7.83. The molecule has 0 unspecified atom stereocenters. The van der Waals surface area contributed by atoms with E-state index in [9.17, 15) is 18.4 Å². The highest BCUT2D eigenvalue weighted by atomic mass is 79.9. The highest BCUT2D eigenvalue weighted by Crippen LogP contribution is 2.40. The van der Waals surface area contributed by atoms with E-state index in [0.717, 1.165) is 37.0 Å². The van der Waals surface area contributed by atoms with E-state index in [1.54, 1.807) is 31.2 Å². The number of Topliss-reactive ketones (excluding diaryl/α,β-unsaturated/α-hetero) is 1. The molecule has 3 aliphatic rings. The summed E-state index contributed by atoms with van der Waals surface area (Å²) in [6, 6.07) is 11.7. The number of rotatable bonds is 7. The Balaban J connectivity index is 0.00000289. The summed E-state index contributed by atoms with van der Waals surface area (Å²) >= 11 is 0. The van der Waals surface area contributed by atoms with Crippen LogP contribution in [0.25, 0.3) is 0 Å². The van der Waals surface area contributed by atoms with Gasteiger partial charge in [0, 0.05) is 25.7 Å². The molecule has 172 valence electrons. The van der Waals surface area contributed by atoms with Gasteiger partial charge in [0.1, 0.15) is 18.2 Å². The second kappa shape index (κ2) is 10.2. The van der Waals surface area contributed by atoms with Crippen molar-refractivity contribution < 1.29 is 44.6 Å². The van der Waals surface area contributed by atoms with Crippen LogP contribution >= 0.6 is 0 Å². The summed E-state index contributed by atoms with van der Waals surface area (Å²) < 4.78 is 34.2. The maximum Gasteiger partial charge on any atom is 0.307 e. The minimum absolute atomic E-state index is 0. The van der Waals surface area contributed by atoms with E-state index < -0.39 is 17.7 Å². The number of carbonyl (C=O) groups is 2. The van der Waals surface area contributed by atoms with Crippen molar-refractivity contribution in [2.24, 2.45) is 11.8 Å². The zero-order valence-corrected chi connectivity index (χ0v) is 19.7. The number of carbonyl (C=O) groups excluding carboxylic acids is 2. The molecule has 3 saturated heterocycles. The van der Waals surface area contributed by atoms with E-state index >= 15 is 0 Å². The smallest absolute Gasteiger partial charge is 0.307 e. The Labute approximate surface area is 197 Å². The van der Waals surface area contributed by atoms with E-state index in [4.69, 9.17) is 4.74 Å². The number of quaternary nitrogens is 1. The van der Waals surface area contributed by atoms with Crippen LogP contribution in [0.5, 0.6) is 0 Å². The second-order valence-electron chi connectivity index (χ2n) is 9.11. The van der Waals surface area contributed by atoms with Gasteiger partial charge in [0.25, 0.3) is 0 Å². The van der Waals surface area contributed by atoms with Crippen LogP contribution in [-0.2, 0) is 14.3 Å². The number of esters is 1. The van der Waals surface area contributed by atoms with E-state index in [2.05, 4.69) is 0 Å². The zero-order chi connectivity index (χ0) is 22.0. The number of piperidine rings is 3. The summed E-state index contributed by atoms with van der Waals surface area (Å²) in [7, 11) is 0. The molecule has 3 aliphatic heterocycles. The summed E-state index contributed by atoms with van der Waals surface area (Å²) in [6.07, 6.45) is 1.41. The van der Waals surface area contributed by atoms with Gasteiger partial charge in [-0.15, -0.1) is 0 Å². The van der Waals surface area contributed by atoms with Crippen molar-refractivity contribution in [3.63, 3.8) is 0 Å². The molecule has 3 heterocycles. The van der Waals surface area contributed by atoms with Gasteiger partial charge in [-0.05, 0) is 41.3 Å². The fourth-order valence-corrected chi connectivity index (χ4v) is 5.42. The average Bonchev–Trinajstić information content (AvgIpc) is 2.72. The average molecular weight is 508 g/mol. The van der Waals surface area contributed by atoms with Crippen molar-refractivity contribution in [2.75, 3.05) is 26.2 Å². The van der Waals surface area contributed by atoms with Crippen LogP contribution in [-0.4, -0.2) is 42.4 Å². The molecule has 4 nitrogen and oxygen atoms in total. The fraction of sp³-hybridized carbons (Fsp3) is 0.440. The number of ether oxygens (including phenoxy) is 1. The predicted octanol–water partition coefficient (Wildman–Crippen LogP) is 1.44. The molecule has 0 amide bonds. The number of benzene rings is 2. The Morgan fingerprint density at radius 1 is 1.03 bits per heavy atom. The SMILES string of the molecule is CC(=O)C[N+]12CCC(CC1)[C@@H](CC(=O)OC(c1cccc(F)c1)c1cccc(F)c1)C2.[Br-]. The molecule has 7 heteroatoms. The van der Waals surface area contributed by atoms with Gasteiger partial charge in [0.05, 0.1) is 26.1 Å². The Morgan fingerprint density at radius 3 is 2.09 bits per heavy atom. The summed E-state index contributed by atoms with van der Waals surface area (Å²) in [5.74, 6) is -0.459. The van der Waals surface area contributed by atoms with Crippen molar-refractivity contribution >= 4 is 11.8 Å². The van der Waals surface area contributed by atoms with Gasteiger partial charge < -0.3 is 26.2 Å². The van der Waals surface area contributed by atoms with Crippen LogP contribution in [0.2, 0.25) is 0 Å². The van der Waals surface area contributed by atoms with Gasteiger partial charge in [-0.2, -0.15) is 0 Å². The molecule has 1 atom stereocenters. The maximum absolute atomic E-state index is 13.8. The number of fused-ring (bicyclic) bond motifs is 3. The predicted molar refractivity (Wildman–Crippen MR) is 112 cm³/mol. The molecule has 0 spiro atoms. The fourth-order valence-electron chi connectivity index (χ4n) is 5.42. The van der Waals surface area contributed by atoms with Crippen LogP contribution < -0.4 is 17.0 Å². The molecule has 0 saturated carbocycles. The van der Waals surface area contributed by atoms with Gasteiger partial charge in [0.2, 0.25) is 0 Å². The number of ketones is 1. The Bertz CT molecular complexity index is 930. The molecule has 0 aromatic heterocycles. The van der Waals surface area contributed by atoms with E-state index in [-0.39, 0.29) is 41.1 Å². The minimum atomic E-state index is -0.875. The highest BCUT2D eigenvalue weighted by molar-refractivity contribution is 5.76. The lowest BCUT2D eigenvalue weighted by Gasteiger charge is -2.52. The van der Waals surface area contributed by atoms with Gasteiger partial charge in [-0.1, -0.05) is 24.3 Å². The van der Waals surface area contributed by atoms with Crippen LogP contribution in [0.15, 0.2) is 48.5 Å². The molecule has 2 aromatic carbocycles. The number of hydrogen-bond acceptors (Lipinski definition) is 3. The summed E-state index contributed by atoms with van der Waals surface area (Å²) in [5, 5.41) is 0. The topological polar surface area (TPSA) is 43.4 Å². The monoisotopic (exact) mass is 507 g/mol. The summed E-state index contributed by atoms with van der Waals surface area (Å²) in [5.41, 5.74) is 0.931. The molecule has 0 radical (unpaired) electrons. The third-order valence-electron chi connectivity index (χ3n) is 6.78. The number of halogens is 3. The zero-order valence-electron chi connectivity index (χ0n) is 18.1.